The molecule has 0 N–H and O–H groups in total. The SMILES string of the molecule is CCC(C)(C)C(Cl)c1cc2c(cc1Br)n(C)c(=O)n2C. The zero-order valence-electron chi connectivity index (χ0n) is 12.5. The summed E-state index contributed by atoms with van der Waals surface area (Å²) in [6, 6.07) is 4.00. The molecule has 0 fully saturated rings. The number of hydrogen-bond acceptors (Lipinski definition) is 1. The summed E-state index contributed by atoms with van der Waals surface area (Å²) in [7, 11) is 3.57. The fourth-order valence-electron chi connectivity index (χ4n) is 2.33. The van der Waals surface area contributed by atoms with Crippen LogP contribution in [0.4, 0.5) is 0 Å². The van der Waals surface area contributed by atoms with Crippen LogP contribution in [-0.2, 0) is 14.1 Å². The topological polar surface area (TPSA) is 26.9 Å². The van der Waals surface area contributed by atoms with E-state index in [0.717, 1.165) is 27.5 Å². The predicted molar refractivity (Wildman–Crippen MR) is 88.5 cm³/mol. The number of nitrogens with zero attached hydrogens (tertiary/aromatic N) is 2. The van der Waals surface area contributed by atoms with Crippen LogP contribution in [0.2, 0.25) is 0 Å². The molecule has 1 aromatic carbocycles. The van der Waals surface area contributed by atoms with Gasteiger partial charge in [-0.15, -0.1) is 11.6 Å². The van der Waals surface area contributed by atoms with Gasteiger partial charge in [0.2, 0.25) is 0 Å². The zero-order valence-corrected chi connectivity index (χ0v) is 14.8. The highest BCUT2D eigenvalue weighted by Gasteiger charge is 2.29. The fourth-order valence-corrected chi connectivity index (χ4v) is 3.36. The van der Waals surface area contributed by atoms with E-state index in [4.69, 9.17) is 11.6 Å². The second kappa shape index (κ2) is 5.23. The summed E-state index contributed by atoms with van der Waals surface area (Å²) in [6.45, 7) is 6.46. The molecule has 20 heavy (non-hydrogen) atoms. The normalized spacial score (nSPS) is 13.9. The Balaban J connectivity index is 2.71. The van der Waals surface area contributed by atoms with E-state index in [9.17, 15) is 4.79 Å². The molecule has 0 spiro atoms. The van der Waals surface area contributed by atoms with Crippen molar-refractivity contribution in [3.05, 3.63) is 32.7 Å². The third-order valence-electron chi connectivity index (χ3n) is 4.26. The quantitative estimate of drug-likeness (QED) is 0.748. The monoisotopic (exact) mass is 358 g/mol. The van der Waals surface area contributed by atoms with Gasteiger partial charge in [0.1, 0.15) is 0 Å². The van der Waals surface area contributed by atoms with Crippen LogP contribution >= 0.6 is 27.5 Å². The minimum absolute atomic E-state index is 0.00853. The molecule has 110 valence electrons. The van der Waals surface area contributed by atoms with E-state index in [1.54, 1.807) is 23.2 Å². The summed E-state index contributed by atoms with van der Waals surface area (Å²) in [5.74, 6) is 0. The summed E-state index contributed by atoms with van der Waals surface area (Å²) in [4.78, 5) is 12.0. The zero-order chi connectivity index (χ0) is 15.2. The van der Waals surface area contributed by atoms with Gasteiger partial charge in [-0.05, 0) is 29.5 Å². The van der Waals surface area contributed by atoms with Crippen LogP contribution in [0, 0.1) is 5.41 Å². The lowest BCUT2D eigenvalue weighted by atomic mass is 9.83. The van der Waals surface area contributed by atoms with E-state index in [1.165, 1.54) is 0 Å². The Kier molecular flexibility index (Phi) is 4.09. The standard InChI is InChI=1S/C15H20BrClN2O/c1-6-15(2,3)13(17)9-7-11-12(8-10(9)16)19(5)14(20)18(11)4/h7-8,13H,6H2,1-5H3. The summed E-state index contributed by atoms with van der Waals surface area (Å²) < 4.78 is 4.26. The highest BCUT2D eigenvalue weighted by atomic mass is 79.9. The molecule has 1 unspecified atom stereocenters. The van der Waals surface area contributed by atoms with Crippen molar-refractivity contribution in [1.82, 2.24) is 9.13 Å². The lowest BCUT2D eigenvalue weighted by Crippen LogP contribution is -2.19. The number of hydrogen-bond donors (Lipinski definition) is 0. The first-order valence-electron chi connectivity index (χ1n) is 6.69. The molecule has 2 rings (SSSR count). The Morgan fingerprint density at radius 1 is 1.25 bits per heavy atom. The van der Waals surface area contributed by atoms with Crippen molar-refractivity contribution in [3.8, 4) is 0 Å². The average molecular weight is 360 g/mol. The first-order valence-corrected chi connectivity index (χ1v) is 7.92. The first kappa shape index (κ1) is 15.6. The predicted octanol–water partition coefficient (Wildman–Crippen LogP) is 4.36. The Bertz CT molecular complexity index is 715. The Hall–Kier alpha value is -0.740. The highest BCUT2D eigenvalue weighted by molar-refractivity contribution is 9.10. The van der Waals surface area contributed by atoms with Gasteiger partial charge < -0.3 is 0 Å². The van der Waals surface area contributed by atoms with Crippen LogP contribution in [0.1, 0.15) is 38.1 Å². The Morgan fingerprint density at radius 3 is 2.25 bits per heavy atom. The smallest absolute Gasteiger partial charge is 0.295 e. The third kappa shape index (κ3) is 2.33. The number of imidazole rings is 1. The minimum Gasteiger partial charge on any atom is -0.295 e. The number of aromatic nitrogens is 2. The summed E-state index contributed by atoms with van der Waals surface area (Å²) in [6.07, 6.45) is 0.985. The molecule has 1 heterocycles. The van der Waals surface area contributed by atoms with Crippen LogP contribution in [0.15, 0.2) is 21.4 Å². The Morgan fingerprint density at radius 2 is 1.75 bits per heavy atom. The van der Waals surface area contributed by atoms with Gasteiger partial charge in [0, 0.05) is 18.6 Å². The molecule has 0 aliphatic carbocycles. The van der Waals surface area contributed by atoms with Gasteiger partial charge in [-0.1, -0.05) is 36.7 Å². The molecule has 5 heteroatoms. The third-order valence-corrected chi connectivity index (χ3v) is 5.77. The maximum absolute atomic E-state index is 12.0. The molecule has 0 radical (unpaired) electrons. The number of benzene rings is 1. The number of aryl methyl sites for hydroxylation is 2. The van der Waals surface area contributed by atoms with Crippen molar-refractivity contribution in [2.45, 2.75) is 32.6 Å². The molecule has 0 saturated carbocycles. The van der Waals surface area contributed by atoms with Crippen LogP contribution in [0.25, 0.3) is 11.0 Å². The van der Waals surface area contributed by atoms with Crippen molar-refractivity contribution in [2.24, 2.45) is 19.5 Å². The second-order valence-corrected chi connectivity index (χ2v) is 7.26. The van der Waals surface area contributed by atoms with E-state index in [-0.39, 0.29) is 16.5 Å². The van der Waals surface area contributed by atoms with Crippen LogP contribution in [0.5, 0.6) is 0 Å². The van der Waals surface area contributed by atoms with Crippen molar-refractivity contribution >= 4 is 38.6 Å². The molecule has 0 bridgehead atoms. The highest BCUT2D eigenvalue weighted by Crippen LogP contribution is 2.44. The van der Waals surface area contributed by atoms with E-state index < -0.39 is 0 Å². The lowest BCUT2D eigenvalue weighted by molar-refractivity contribution is 0.336. The maximum Gasteiger partial charge on any atom is 0.328 e. The molecule has 0 aliphatic rings. The summed E-state index contributed by atoms with van der Waals surface area (Å²) in [5, 5.41) is -0.110. The Labute approximate surface area is 132 Å². The molecule has 1 atom stereocenters. The average Bonchev–Trinajstić information content (AvgIpc) is 2.62. The van der Waals surface area contributed by atoms with Crippen LogP contribution in [-0.4, -0.2) is 9.13 Å². The van der Waals surface area contributed by atoms with Gasteiger partial charge in [-0.2, -0.15) is 0 Å². The second-order valence-electron chi connectivity index (χ2n) is 5.97. The molecular weight excluding hydrogens is 340 g/mol. The molecular formula is C15H20BrClN2O. The molecule has 0 saturated heterocycles. The van der Waals surface area contributed by atoms with Crippen molar-refractivity contribution in [1.29, 1.82) is 0 Å². The van der Waals surface area contributed by atoms with Gasteiger partial charge in [0.25, 0.3) is 0 Å². The number of rotatable bonds is 3. The van der Waals surface area contributed by atoms with Crippen molar-refractivity contribution in [2.75, 3.05) is 0 Å². The number of alkyl halides is 1. The lowest BCUT2D eigenvalue weighted by Gasteiger charge is -2.29. The maximum atomic E-state index is 12.0. The first-order chi connectivity index (χ1) is 9.20. The molecule has 1 aromatic heterocycles. The minimum atomic E-state index is -0.110. The fraction of sp³-hybridized carbons (Fsp3) is 0.533. The molecule has 2 aromatic rings. The largest absolute Gasteiger partial charge is 0.328 e. The molecule has 0 amide bonds. The van der Waals surface area contributed by atoms with Gasteiger partial charge >= 0.3 is 5.69 Å². The van der Waals surface area contributed by atoms with Crippen LogP contribution < -0.4 is 5.69 Å². The number of halogens is 2. The van der Waals surface area contributed by atoms with Gasteiger partial charge in [-0.25, -0.2) is 4.79 Å². The summed E-state index contributed by atoms with van der Waals surface area (Å²) >= 11 is 10.3. The van der Waals surface area contributed by atoms with Gasteiger partial charge in [0.15, 0.2) is 0 Å². The number of fused-ring (bicyclic) bond motifs is 1. The van der Waals surface area contributed by atoms with E-state index in [2.05, 4.69) is 36.7 Å². The summed E-state index contributed by atoms with van der Waals surface area (Å²) in [5.41, 5.74) is 2.82. The van der Waals surface area contributed by atoms with E-state index in [1.807, 2.05) is 12.1 Å². The van der Waals surface area contributed by atoms with E-state index in [0.29, 0.717) is 0 Å². The van der Waals surface area contributed by atoms with Crippen molar-refractivity contribution < 1.29 is 0 Å². The van der Waals surface area contributed by atoms with E-state index >= 15 is 0 Å². The van der Waals surface area contributed by atoms with Gasteiger partial charge in [-0.3, -0.25) is 9.13 Å². The van der Waals surface area contributed by atoms with Crippen LogP contribution in [0.3, 0.4) is 0 Å². The van der Waals surface area contributed by atoms with Gasteiger partial charge in [0.05, 0.1) is 16.4 Å². The van der Waals surface area contributed by atoms with Crippen molar-refractivity contribution in [3.63, 3.8) is 0 Å². The molecule has 0 aliphatic heterocycles. The molecule has 3 nitrogen and oxygen atoms in total.